The number of hydrogen-bond acceptors (Lipinski definition) is 3. The van der Waals surface area contributed by atoms with Gasteiger partial charge < -0.3 is 14.8 Å². The summed E-state index contributed by atoms with van der Waals surface area (Å²) in [5, 5.41) is 3.22. The Labute approximate surface area is 105 Å². The fourth-order valence-electron chi connectivity index (χ4n) is 1.74. The summed E-state index contributed by atoms with van der Waals surface area (Å²) in [6.07, 6.45) is 0. The van der Waals surface area contributed by atoms with E-state index in [2.05, 4.69) is 21.2 Å². The second-order valence-electron chi connectivity index (χ2n) is 3.58. The van der Waals surface area contributed by atoms with Crippen molar-refractivity contribution in [2.24, 2.45) is 0 Å². The summed E-state index contributed by atoms with van der Waals surface area (Å²) in [6.45, 7) is 4.85. The zero-order valence-electron chi connectivity index (χ0n) is 10.2. The highest BCUT2D eigenvalue weighted by Gasteiger charge is 2.13. The zero-order chi connectivity index (χ0) is 12.1. The highest BCUT2D eigenvalue weighted by atomic mass is 79.9. The second-order valence-corrected chi connectivity index (χ2v) is 4.14. The van der Waals surface area contributed by atoms with Crippen LogP contribution in [0.4, 0.5) is 0 Å². The van der Waals surface area contributed by atoms with Gasteiger partial charge in [-0.15, -0.1) is 0 Å². The van der Waals surface area contributed by atoms with Gasteiger partial charge in [0.1, 0.15) is 11.5 Å². The molecule has 1 aromatic carbocycles. The van der Waals surface area contributed by atoms with E-state index in [0.29, 0.717) is 0 Å². The molecule has 0 saturated carbocycles. The highest BCUT2D eigenvalue weighted by molar-refractivity contribution is 9.09. The van der Waals surface area contributed by atoms with Crippen molar-refractivity contribution in [1.82, 2.24) is 5.32 Å². The number of halogens is 1. The van der Waals surface area contributed by atoms with Crippen LogP contribution in [0.2, 0.25) is 0 Å². The molecular weight excluding hydrogens is 270 g/mol. The van der Waals surface area contributed by atoms with E-state index in [4.69, 9.17) is 9.47 Å². The van der Waals surface area contributed by atoms with Crippen LogP contribution in [0.25, 0.3) is 0 Å². The van der Waals surface area contributed by atoms with E-state index in [1.807, 2.05) is 19.9 Å². The smallest absolute Gasteiger partial charge is 0.126 e. The van der Waals surface area contributed by atoms with Gasteiger partial charge in [-0.1, -0.05) is 15.9 Å². The maximum atomic E-state index is 5.44. The van der Waals surface area contributed by atoms with Crippen molar-refractivity contribution in [3.8, 4) is 11.5 Å². The van der Waals surface area contributed by atoms with E-state index in [9.17, 15) is 0 Å². The standard InChI is InChI=1S/C12H18BrNO2/c1-8-9(2)12(16-4)10(6-14-7-13)5-11(8)15-3/h5,14H,6-7H2,1-4H3. The lowest BCUT2D eigenvalue weighted by Crippen LogP contribution is -2.12. The van der Waals surface area contributed by atoms with Crippen LogP contribution in [-0.2, 0) is 6.54 Å². The number of nitrogens with one attached hydrogen (secondary N) is 1. The molecule has 16 heavy (non-hydrogen) atoms. The van der Waals surface area contributed by atoms with E-state index in [0.717, 1.165) is 40.2 Å². The van der Waals surface area contributed by atoms with Gasteiger partial charge in [-0.2, -0.15) is 0 Å². The minimum Gasteiger partial charge on any atom is -0.496 e. The average molecular weight is 288 g/mol. The lowest BCUT2D eigenvalue weighted by molar-refractivity contribution is 0.392. The molecule has 1 N–H and O–H groups in total. The number of benzene rings is 1. The topological polar surface area (TPSA) is 30.5 Å². The van der Waals surface area contributed by atoms with Crippen LogP contribution >= 0.6 is 15.9 Å². The third-order valence-electron chi connectivity index (χ3n) is 2.70. The molecule has 0 radical (unpaired) electrons. The lowest BCUT2D eigenvalue weighted by Gasteiger charge is -2.16. The summed E-state index contributed by atoms with van der Waals surface area (Å²) in [7, 11) is 3.39. The van der Waals surface area contributed by atoms with Crippen molar-refractivity contribution >= 4 is 15.9 Å². The molecule has 3 nitrogen and oxygen atoms in total. The van der Waals surface area contributed by atoms with Crippen LogP contribution in [0.3, 0.4) is 0 Å². The van der Waals surface area contributed by atoms with Crippen LogP contribution in [0.5, 0.6) is 11.5 Å². The van der Waals surface area contributed by atoms with Crippen molar-refractivity contribution in [1.29, 1.82) is 0 Å². The molecule has 0 spiro atoms. The van der Waals surface area contributed by atoms with Crippen LogP contribution in [-0.4, -0.2) is 19.7 Å². The monoisotopic (exact) mass is 287 g/mol. The van der Waals surface area contributed by atoms with E-state index >= 15 is 0 Å². The van der Waals surface area contributed by atoms with Gasteiger partial charge in [0.05, 0.1) is 19.7 Å². The van der Waals surface area contributed by atoms with Crippen molar-refractivity contribution in [2.45, 2.75) is 20.4 Å². The summed E-state index contributed by atoms with van der Waals surface area (Å²) in [5.41, 5.74) is 4.13. The number of methoxy groups -OCH3 is 2. The second kappa shape index (κ2) is 6.11. The lowest BCUT2D eigenvalue weighted by atomic mass is 10.0. The first-order valence-corrected chi connectivity index (χ1v) is 6.25. The Morgan fingerprint density at radius 1 is 1.19 bits per heavy atom. The molecule has 0 unspecified atom stereocenters. The van der Waals surface area contributed by atoms with Crippen molar-refractivity contribution < 1.29 is 9.47 Å². The van der Waals surface area contributed by atoms with Gasteiger partial charge in [-0.25, -0.2) is 0 Å². The fraction of sp³-hybridized carbons (Fsp3) is 0.500. The number of rotatable bonds is 5. The predicted octanol–water partition coefficient (Wildman–Crippen LogP) is 2.76. The molecular formula is C12H18BrNO2. The Balaban J connectivity index is 3.18. The minimum atomic E-state index is 0.755. The molecule has 0 aliphatic heterocycles. The quantitative estimate of drug-likeness (QED) is 0.667. The Morgan fingerprint density at radius 3 is 2.38 bits per heavy atom. The largest absolute Gasteiger partial charge is 0.496 e. The minimum absolute atomic E-state index is 0.755. The van der Waals surface area contributed by atoms with E-state index in [1.54, 1.807) is 14.2 Å². The Morgan fingerprint density at radius 2 is 1.88 bits per heavy atom. The van der Waals surface area contributed by atoms with Crippen LogP contribution in [0.15, 0.2) is 6.07 Å². The van der Waals surface area contributed by atoms with Crippen molar-refractivity contribution in [3.05, 3.63) is 22.8 Å². The third-order valence-corrected chi connectivity index (χ3v) is 3.10. The molecule has 0 bridgehead atoms. The molecule has 0 aromatic heterocycles. The molecule has 0 saturated heterocycles. The van der Waals surface area contributed by atoms with Gasteiger partial charge in [0.15, 0.2) is 0 Å². The first-order valence-electron chi connectivity index (χ1n) is 5.13. The van der Waals surface area contributed by atoms with Crippen molar-refractivity contribution in [2.75, 3.05) is 19.7 Å². The molecule has 1 aromatic rings. The van der Waals surface area contributed by atoms with E-state index in [-0.39, 0.29) is 0 Å². The normalized spacial score (nSPS) is 10.3. The van der Waals surface area contributed by atoms with E-state index in [1.165, 1.54) is 0 Å². The molecule has 90 valence electrons. The van der Waals surface area contributed by atoms with Crippen LogP contribution < -0.4 is 14.8 Å². The molecule has 4 heteroatoms. The number of alkyl halides is 1. The maximum absolute atomic E-state index is 5.44. The number of ether oxygens (including phenoxy) is 2. The van der Waals surface area contributed by atoms with Gasteiger partial charge in [0, 0.05) is 12.1 Å². The predicted molar refractivity (Wildman–Crippen MR) is 69.7 cm³/mol. The SMILES string of the molecule is COc1cc(CNCBr)c(OC)c(C)c1C. The first kappa shape index (κ1) is 13.3. The molecule has 0 aliphatic carbocycles. The summed E-state index contributed by atoms with van der Waals surface area (Å²) in [5.74, 6) is 1.84. The summed E-state index contributed by atoms with van der Waals surface area (Å²) in [6, 6.07) is 2.02. The maximum Gasteiger partial charge on any atom is 0.126 e. The van der Waals surface area contributed by atoms with E-state index < -0.39 is 0 Å². The Bertz CT molecular complexity index is 367. The Hall–Kier alpha value is -0.740. The van der Waals surface area contributed by atoms with Crippen LogP contribution in [0, 0.1) is 13.8 Å². The first-order chi connectivity index (χ1) is 7.65. The summed E-state index contributed by atoms with van der Waals surface area (Å²) in [4.78, 5) is 0. The van der Waals surface area contributed by atoms with Gasteiger partial charge in [-0.05, 0) is 31.0 Å². The van der Waals surface area contributed by atoms with Crippen LogP contribution in [0.1, 0.15) is 16.7 Å². The summed E-state index contributed by atoms with van der Waals surface area (Å²) >= 11 is 3.34. The zero-order valence-corrected chi connectivity index (χ0v) is 11.8. The van der Waals surface area contributed by atoms with Gasteiger partial charge in [0.25, 0.3) is 0 Å². The van der Waals surface area contributed by atoms with Gasteiger partial charge in [0.2, 0.25) is 0 Å². The Kier molecular flexibility index (Phi) is 5.09. The highest BCUT2D eigenvalue weighted by Crippen LogP contribution is 2.33. The molecule has 1 rings (SSSR count). The van der Waals surface area contributed by atoms with Crippen molar-refractivity contribution in [3.63, 3.8) is 0 Å². The number of hydrogen-bond donors (Lipinski definition) is 1. The molecule has 0 fully saturated rings. The molecule has 0 aliphatic rings. The third kappa shape index (κ3) is 2.68. The molecule has 0 heterocycles. The van der Waals surface area contributed by atoms with Gasteiger partial charge in [-0.3, -0.25) is 0 Å². The molecule has 0 atom stereocenters. The molecule has 0 amide bonds. The van der Waals surface area contributed by atoms with Gasteiger partial charge >= 0.3 is 0 Å². The summed E-state index contributed by atoms with van der Waals surface area (Å²) < 4.78 is 10.8. The fourth-order valence-corrected chi connectivity index (χ4v) is 1.94. The average Bonchev–Trinajstić information content (AvgIpc) is 2.30.